The molecule has 4 N–H and O–H groups in total. The van der Waals surface area contributed by atoms with Gasteiger partial charge in [-0.05, 0) is 21.0 Å². The molecule has 4 aromatic rings. The Hall–Kier alpha value is -3.67. The Labute approximate surface area is 239 Å². The van der Waals surface area contributed by atoms with Gasteiger partial charge in [0.2, 0.25) is 0 Å². The lowest BCUT2D eigenvalue weighted by molar-refractivity contribution is 0.000367. The second-order valence-electron chi connectivity index (χ2n) is 11.1. The van der Waals surface area contributed by atoms with Crippen LogP contribution in [-0.4, -0.2) is 54.6 Å². The van der Waals surface area contributed by atoms with Gasteiger partial charge in [-0.15, -0.1) is 0 Å². The van der Waals surface area contributed by atoms with E-state index in [-0.39, 0.29) is 17.5 Å². The van der Waals surface area contributed by atoms with E-state index in [2.05, 4.69) is 65.8 Å². The van der Waals surface area contributed by atoms with Gasteiger partial charge in [-0.1, -0.05) is 112 Å². The summed E-state index contributed by atoms with van der Waals surface area (Å²) in [5.74, 6) is 0.179. The number of hydrogen-bond acceptors (Lipinski definition) is 7. The fourth-order valence-corrected chi connectivity index (χ4v) is 10.2. The molecule has 41 heavy (non-hydrogen) atoms. The molecule has 0 unspecified atom stereocenters. The molecule has 8 nitrogen and oxygen atoms in total. The van der Waals surface area contributed by atoms with Crippen molar-refractivity contribution >= 4 is 24.5 Å². The molecule has 1 aliphatic heterocycles. The molecule has 0 saturated carbocycles. The summed E-state index contributed by atoms with van der Waals surface area (Å²) in [7, 11) is -2.93. The van der Waals surface area contributed by atoms with Gasteiger partial charge >= 0.3 is 5.69 Å². The van der Waals surface area contributed by atoms with Crippen LogP contribution < -0.4 is 26.9 Å². The lowest BCUT2D eigenvalue weighted by Gasteiger charge is -2.43. The van der Waals surface area contributed by atoms with Crippen LogP contribution in [0.5, 0.6) is 0 Å². The van der Waals surface area contributed by atoms with Crippen LogP contribution in [0.4, 0.5) is 10.2 Å². The summed E-state index contributed by atoms with van der Waals surface area (Å²) < 4.78 is 28.8. The van der Waals surface area contributed by atoms with Gasteiger partial charge in [-0.2, -0.15) is 10.5 Å². The Morgan fingerprint density at radius 1 is 0.976 bits per heavy atom. The third-order valence-corrected chi connectivity index (χ3v) is 12.6. The Morgan fingerprint density at radius 2 is 1.54 bits per heavy atom. The molecule has 0 amide bonds. The van der Waals surface area contributed by atoms with Crippen LogP contribution in [0.3, 0.4) is 0 Å². The summed E-state index contributed by atoms with van der Waals surface area (Å²) in [4.78, 5) is 18.7. The zero-order valence-corrected chi connectivity index (χ0v) is 24.3. The van der Waals surface area contributed by atoms with Crippen molar-refractivity contribution in [2.75, 3.05) is 11.9 Å². The first kappa shape index (κ1) is 28.8. The maximum Gasteiger partial charge on any atom is 0.346 e. The molecule has 4 atom stereocenters. The Kier molecular flexibility index (Phi) is 8.48. The molecule has 2 heterocycles. The molecule has 0 spiro atoms. The fraction of sp³-hybridized carbons (Fsp3) is 0.290. The van der Waals surface area contributed by atoms with Crippen molar-refractivity contribution in [2.24, 2.45) is 0 Å². The molecular weight excluding hydrogens is 539 g/mol. The van der Waals surface area contributed by atoms with Gasteiger partial charge in [0.15, 0.2) is 12.4 Å². The first-order chi connectivity index (χ1) is 19.7. The van der Waals surface area contributed by atoms with Crippen molar-refractivity contribution in [3.05, 3.63) is 108 Å². The van der Waals surface area contributed by atoms with E-state index in [4.69, 9.17) is 9.16 Å². The average Bonchev–Trinajstić information content (AvgIpc) is 3.28. The van der Waals surface area contributed by atoms with Crippen LogP contribution in [0.15, 0.2) is 102 Å². The maximum atomic E-state index is 15.8. The van der Waals surface area contributed by atoms with Gasteiger partial charge < -0.3 is 24.7 Å². The van der Waals surface area contributed by atoms with Crippen molar-refractivity contribution < 1.29 is 18.8 Å². The number of benzene rings is 3. The van der Waals surface area contributed by atoms with Crippen molar-refractivity contribution in [3.8, 4) is 11.1 Å². The predicted molar refractivity (Wildman–Crippen MR) is 160 cm³/mol. The molecule has 0 radical (unpaired) electrons. The first-order valence-corrected chi connectivity index (χ1v) is 15.5. The van der Waals surface area contributed by atoms with Crippen molar-refractivity contribution in [1.29, 1.82) is 0 Å². The highest BCUT2D eigenvalue weighted by atomic mass is 28.4. The quantitative estimate of drug-likeness (QED) is 0.178. The van der Waals surface area contributed by atoms with Gasteiger partial charge in [0.1, 0.15) is 11.9 Å². The van der Waals surface area contributed by atoms with E-state index in [0.29, 0.717) is 5.56 Å². The lowest BCUT2D eigenvalue weighted by atomic mass is 10.1. The minimum Gasteiger partial charge on any atom is -0.405 e. The number of hydrogen-bond donors (Lipinski definition) is 4. The molecule has 3 aromatic carbocycles. The average molecular weight is 575 g/mol. The molecule has 10 heteroatoms. The fourth-order valence-electron chi connectivity index (χ4n) is 5.60. The number of aromatic amines is 1. The summed E-state index contributed by atoms with van der Waals surface area (Å²) in [6, 6.07) is 28.5. The van der Waals surface area contributed by atoms with Gasteiger partial charge in [0.05, 0.1) is 12.6 Å². The van der Waals surface area contributed by atoms with Crippen LogP contribution in [0.1, 0.15) is 20.8 Å². The summed E-state index contributed by atoms with van der Waals surface area (Å²) in [6.45, 7) is 6.49. The molecular formula is C31H35FN4O4Si. The van der Waals surface area contributed by atoms with E-state index in [1.807, 2.05) is 66.7 Å². The standard InChI is InChI=1S/C31H35FN4O4Si/c1-31(2,3)41(22-15-9-5-10-16-22,23-17-11-6-12-18-23)39-20-25-27(36-38)26(32)29(40-25)34-28-24(19-33-30(37)35-28)21-13-7-4-8-14-21/h4-19,25-27,29,36,38H,20H2,1-3H3,(H2,33,34,35,37)/t25-,26+,27-,29+/m1/s1. The van der Waals surface area contributed by atoms with E-state index in [1.54, 1.807) is 0 Å². The Bertz CT molecular complexity index is 1450. The van der Waals surface area contributed by atoms with Crippen molar-refractivity contribution in [1.82, 2.24) is 15.4 Å². The number of nitrogens with zero attached hydrogens (tertiary/aromatic N) is 1. The second-order valence-corrected chi connectivity index (χ2v) is 15.5. The summed E-state index contributed by atoms with van der Waals surface area (Å²) in [5.41, 5.74) is 2.89. The molecule has 0 aliphatic carbocycles. The molecule has 214 valence electrons. The topological polar surface area (TPSA) is 109 Å². The summed E-state index contributed by atoms with van der Waals surface area (Å²) in [5, 5.41) is 14.8. The smallest absolute Gasteiger partial charge is 0.346 e. The molecule has 1 aliphatic rings. The third kappa shape index (κ3) is 5.74. The Balaban J connectivity index is 1.44. The molecule has 0 bridgehead atoms. The number of H-pyrrole nitrogens is 1. The molecule has 1 aromatic heterocycles. The van der Waals surface area contributed by atoms with Crippen LogP contribution in [0.25, 0.3) is 11.1 Å². The number of hydroxylamine groups is 1. The van der Waals surface area contributed by atoms with E-state index in [9.17, 15) is 10.0 Å². The molecule has 1 saturated heterocycles. The molecule has 1 fully saturated rings. The predicted octanol–water partition coefficient (Wildman–Crippen LogP) is 3.84. The monoisotopic (exact) mass is 574 g/mol. The second kappa shape index (κ2) is 12.1. The highest BCUT2D eigenvalue weighted by Gasteiger charge is 2.52. The number of ether oxygens (including phenoxy) is 1. The van der Waals surface area contributed by atoms with Crippen LogP contribution in [0.2, 0.25) is 5.04 Å². The Morgan fingerprint density at radius 3 is 2.07 bits per heavy atom. The van der Waals surface area contributed by atoms with Gasteiger partial charge in [0, 0.05) is 11.8 Å². The summed E-state index contributed by atoms with van der Waals surface area (Å²) in [6.07, 6.45) is -2.17. The third-order valence-electron chi connectivity index (χ3n) is 7.56. The largest absolute Gasteiger partial charge is 0.405 e. The number of anilines is 1. The minimum atomic E-state index is -2.93. The minimum absolute atomic E-state index is 0.0262. The highest BCUT2D eigenvalue weighted by Crippen LogP contribution is 2.38. The number of aromatic nitrogens is 2. The SMILES string of the molecule is CC(C)(C)[Si](OC[C@H]1O[C@H](Nc2nc(=O)[nH]cc2-c2ccccc2)[C@@H](F)[C@@H]1NO)(c1ccccc1)c1ccccc1. The normalized spacial score (nSPS) is 21.1. The van der Waals surface area contributed by atoms with Crippen LogP contribution in [0, 0.1) is 0 Å². The van der Waals surface area contributed by atoms with E-state index in [1.165, 1.54) is 6.20 Å². The maximum absolute atomic E-state index is 15.8. The van der Waals surface area contributed by atoms with E-state index >= 15 is 4.39 Å². The summed E-state index contributed by atoms with van der Waals surface area (Å²) >= 11 is 0. The number of alkyl halides is 1. The first-order valence-electron chi connectivity index (χ1n) is 13.6. The van der Waals surface area contributed by atoms with Crippen molar-refractivity contribution in [3.63, 3.8) is 0 Å². The zero-order valence-electron chi connectivity index (χ0n) is 23.3. The van der Waals surface area contributed by atoms with E-state index in [0.717, 1.165) is 15.9 Å². The van der Waals surface area contributed by atoms with Gasteiger partial charge in [-0.3, -0.25) is 0 Å². The van der Waals surface area contributed by atoms with E-state index < -0.39 is 38.6 Å². The zero-order chi connectivity index (χ0) is 29.0. The van der Waals surface area contributed by atoms with Crippen LogP contribution in [-0.2, 0) is 9.16 Å². The number of rotatable bonds is 9. The molecule has 5 rings (SSSR count). The van der Waals surface area contributed by atoms with Gasteiger partial charge in [0.25, 0.3) is 8.32 Å². The van der Waals surface area contributed by atoms with Gasteiger partial charge in [-0.25, -0.2) is 9.18 Å². The number of nitrogens with one attached hydrogen (secondary N) is 3. The lowest BCUT2D eigenvalue weighted by Crippen LogP contribution is -2.67. The van der Waals surface area contributed by atoms with Crippen molar-refractivity contribution in [2.45, 2.75) is 50.4 Å². The highest BCUT2D eigenvalue weighted by molar-refractivity contribution is 6.99. The number of halogens is 1. The van der Waals surface area contributed by atoms with Crippen LogP contribution >= 0.6 is 0 Å².